The van der Waals surface area contributed by atoms with Crippen molar-refractivity contribution in [2.24, 2.45) is 0 Å². The molecule has 0 radical (unpaired) electrons. The lowest BCUT2D eigenvalue weighted by atomic mass is 9.69. The molecule has 0 aromatic heterocycles. The summed E-state index contributed by atoms with van der Waals surface area (Å²) in [6.45, 7) is 8.21. The maximum atomic E-state index is 10.6. The zero-order valence-corrected chi connectivity index (χ0v) is 17.3. The number of allylic oxidation sites excluding steroid dienone is 2. The Morgan fingerprint density at radius 3 is 2.48 bits per heavy atom. The first-order valence-electron chi connectivity index (χ1n) is 9.77. The minimum absolute atomic E-state index is 0.0568. The molecule has 0 bridgehead atoms. The number of phenolic OH excluding ortho intramolecular Hbond substituents is 2. The monoisotopic (exact) mass is 388 g/mol. The van der Waals surface area contributed by atoms with Crippen LogP contribution in [-0.4, -0.2) is 22.9 Å². The molecule has 5 rings (SSSR count). The Balaban J connectivity index is 1.83. The molecule has 0 saturated carbocycles. The predicted octanol–water partition coefficient (Wildman–Crippen LogP) is 5.52. The Morgan fingerprint density at radius 2 is 1.76 bits per heavy atom. The lowest BCUT2D eigenvalue weighted by Gasteiger charge is -2.35. The van der Waals surface area contributed by atoms with E-state index in [-0.39, 0.29) is 17.1 Å². The van der Waals surface area contributed by atoms with E-state index in [9.17, 15) is 10.2 Å². The summed E-state index contributed by atoms with van der Waals surface area (Å²) in [5, 5.41) is 20.7. The highest BCUT2D eigenvalue weighted by atomic mass is 16.5. The van der Waals surface area contributed by atoms with Crippen molar-refractivity contribution in [3.63, 3.8) is 0 Å². The first-order chi connectivity index (χ1) is 13.6. The van der Waals surface area contributed by atoms with E-state index in [0.29, 0.717) is 0 Å². The number of fused-ring (bicyclic) bond motifs is 6. The molecule has 0 amide bonds. The molecule has 148 valence electrons. The van der Waals surface area contributed by atoms with Crippen molar-refractivity contribution in [1.82, 2.24) is 0 Å². The van der Waals surface area contributed by atoms with Gasteiger partial charge in [0.15, 0.2) is 11.5 Å². The molecule has 3 aliphatic rings. The quantitative estimate of drug-likeness (QED) is 0.632. The fraction of sp³-hybridized carbons (Fsp3) is 0.280. The summed E-state index contributed by atoms with van der Waals surface area (Å²) in [7, 11) is 1.67. The Labute approximate surface area is 170 Å². The number of benzene rings is 2. The van der Waals surface area contributed by atoms with E-state index in [4.69, 9.17) is 9.47 Å². The van der Waals surface area contributed by atoms with Gasteiger partial charge in [0.1, 0.15) is 17.1 Å². The van der Waals surface area contributed by atoms with Gasteiger partial charge in [0.05, 0.1) is 7.11 Å². The third-order valence-electron chi connectivity index (χ3n) is 6.21. The van der Waals surface area contributed by atoms with Crippen molar-refractivity contribution < 1.29 is 19.7 Å². The summed E-state index contributed by atoms with van der Waals surface area (Å²) in [6, 6.07) is 5.35. The van der Waals surface area contributed by atoms with Gasteiger partial charge in [-0.25, -0.2) is 0 Å². The van der Waals surface area contributed by atoms with Crippen LogP contribution in [0.15, 0.2) is 29.8 Å². The molecule has 0 unspecified atom stereocenters. The van der Waals surface area contributed by atoms with Gasteiger partial charge >= 0.3 is 0 Å². The summed E-state index contributed by atoms with van der Waals surface area (Å²) >= 11 is 0. The summed E-state index contributed by atoms with van der Waals surface area (Å²) in [5.41, 5.74) is 6.12. The van der Waals surface area contributed by atoms with Crippen LogP contribution in [-0.2, 0) is 5.41 Å². The van der Waals surface area contributed by atoms with E-state index in [1.54, 1.807) is 13.2 Å². The number of phenols is 2. The molecular formula is C25H24O4. The average Bonchev–Trinajstić information content (AvgIpc) is 3.03. The zero-order chi connectivity index (χ0) is 20.7. The number of hydrogen-bond acceptors (Lipinski definition) is 4. The van der Waals surface area contributed by atoms with Gasteiger partial charge in [0, 0.05) is 33.7 Å². The Bertz CT molecular complexity index is 1180. The summed E-state index contributed by atoms with van der Waals surface area (Å²) in [6.07, 6.45) is 8.43. The van der Waals surface area contributed by atoms with Crippen LogP contribution in [0.25, 0.3) is 23.8 Å². The lowest BCUT2D eigenvalue weighted by molar-refractivity contribution is 0.158. The van der Waals surface area contributed by atoms with Gasteiger partial charge in [0.2, 0.25) is 0 Å². The molecule has 0 fully saturated rings. The average molecular weight is 388 g/mol. The second kappa shape index (κ2) is 5.47. The van der Waals surface area contributed by atoms with Crippen molar-refractivity contribution in [2.75, 3.05) is 7.11 Å². The van der Waals surface area contributed by atoms with Crippen LogP contribution in [0.4, 0.5) is 0 Å². The summed E-state index contributed by atoms with van der Waals surface area (Å²) in [5.74, 6) is 1.41. The molecule has 0 saturated heterocycles. The van der Waals surface area contributed by atoms with E-state index < -0.39 is 5.41 Å². The SMILES string of the molecule is COc1cc2c(c3c1C=C1C3=Cc3ccc(O)c(O)c3C1(C)C)C=CC(C)(C)O2. The van der Waals surface area contributed by atoms with Crippen LogP contribution in [0, 0.1) is 0 Å². The number of rotatable bonds is 1. The second-order valence-electron chi connectivity index (χ2n) is 8.96. The third-order valence-corrected chi connectivity index (χ3v) is 6.21. The number of aromatic hydroxyl groups is 2. The maximum Gasteiger partial charge on any atom is 0.162 e. The topological polar surface area (TPSA) is 58.9 Å². The zero-order valence-electron chi connectivity index (χ0n) is 17.3. The van der Waals surface area contributed by atoms with Crippen LogP contribution in [0.1, 0.15) is 55.5 Å². The van der Waals surface area contributed by atoms with E-state index >= 15 is 0 Å². The van der Waals surface area contributed by atoms with Crippen LogP contribution in [0.2, 0.25) is 0 Å². The first-order valence-corrected chi connectivity index (χ1v) is 9.77. The highest BCUT2D eigenvalue weighted by Gasteiger charge is 2.42. The highest BCUT2D eigenvalue weighted by molar-refractivity contribution is 6.09. The van der Waals surface area contributed by atoms with E-state index in [1.807, 2.05) is 26.0 Å². The van der Waals surface area contributed by atoms with Gasteiger partial charge in [-0.2, -0.15) is 0 Å². The predicted molar refractivity (Wildman–Crippen MR) is 115 cm³/mol. The van der Waals surface area contributed by atoms with Crippen LogP contribution in [0.3, 0.4) is 0 Å². The van der Waals surface area contributed by atoms with Crippen molar-refractivity contribution in [2.45, 2.75) is 38.7 Å². The molecule has 4 nitrogen and oxygen atoms in total. The molecule has 2 N–H and O–H groups in total. The third kappa shape index (κ3) is 2.32. The minimum Gasteiger partial charge on any atom is -0.504 e. The molecule has 0 spiro atoms. The fourth-order valence-electron chi connectivity index (χ4n) is 4.81. The normalized spacial score (nSPS) is 19.2. The molecule has 29 heavy (non-hydrogen) atoms. The van der Waals surface area contributed by atoms with Gasteiger partial charge in [-0.3, -0.25) is 0 Å². The van der Waals surface area contributed by atoms with Crippen molar-refractivity contribution in [3.8, 4) is 23.0 Å². The molecule has 2 aromatic carbocycles. The van der Waals surface area contributed by atoms with E-state index in [0.717, 1.165) is 50.5 Å². The fourth-order valence-corrected chi connectivity index (χ4v) is 4.81. The summed E-state index contributed by atoms with van der Waals surface area (Å²) < 4.78 is 12.0. The Hall–Kier alpha value is -3.14. The number of ether oxygens (including phenoxy) is 2. The van der Waals surface area contributed by atoms with Crippen molar-refractivity contribution >= 4 is 23.8 Å². The van der Waals surface area contributed by atoms with Crippen molar-refractivity contribution in [1.29, 1.82) is 0 Å². The highest BCUT2D eigenvalue weighted by Crippen LogP contribution is 2.58. The minimum atomic E-state index is -0.488. The molecule has 2 aliphatic carbocycles. The second-order valence-corrected chi connectivity index (χ2v) is 8.96. The van der Waals surface area contributed by atoms with Gasteiger partial charge in [-0.05, 0) is 54.9 Å². The summed E-state index contributed by atoms with van der Waals surface area (Å²) in [4.78, 5) is 0. The molecule has 4 heteroatoms. The van der Waals surface area contributed by atoms with Gasteiger partial charge < -0.3 is 19.7 Å². The largest absolute Gasteiger partial charge is 0.504 e. The molecule has 2 aromatic rings. The van der Waals surface area contributed by atoms with Gasteiger partial charge in [0.25, 0.3) is 0 Å². The maximum absolute atomic E-state index is 10.6. The Morgan fingerprint density at radius 1 is 1.00 bits per heavy atom. The molecule has 1 aliphatic heterocycles. The molecule has 1 heterocycles. The lowest BCUT2D eigenvalue weighted by Crippen LogP contribution is -2.28. The van der Waals surface area contributed by atoms with Gasteiger partial charge in [-0.15, -0.1) is 0 Å². The Kier molecular flexibility index (Phi) is 3.38. The van der Waals surface area contributed by atoms with Crippen LogP contribution in [0.5, 0.6) is 23.0 Å². The van der Waals surface area contributed by atoms with Gasteiger partial charge in [-0.1, -0.05) is 26.0 Å². The van der Waals surface area contributed by atoms with Crippen molar-refractivity contribution in [3.05, 3.63) is 57.7 Å². The van der Waals surface area contributed by atoms with Crippen LogP contribution >= 0.6 is 0 Å². The number of hydrogen-bond donors (Lipinski definition) is 2. The van der Waals surface area contributed by atoms with E-state index in [1.165, 1.54) is 0 Å². The smallest absolute Gasteiger partial charge is 0.162 e. The first kappa shape index (κ1) is 17.9. The molecular weight excluding hydrogens is 364 g/mol. The standard InChI is InChI=1S/C25H24O4/c1-24(2)9-8-14-20(29-24)12-19(28-5)16-11-17-15(21(14)16)10-13-6-7-18(26)23(27)22(13)25(17,3)4/h6-12,26-27H,1-5H3. The molecule has 0 atom stereocenters. The van der Waals surface area contributed by atoms with Crippen LogP contribution < -0.4 is 9.47 Å². The van der Waals surface area contributed by atoms with E-state index in [2.05, 4.69) is 38.2 Å². The number of methoxy groups -OCH3 is 1.